The molecule has 0 saturated heterocycles. The van der Waals surface area contributed by atoms with Crippen molar-refractivity contribution in [3.05, 3.63) is 50.7 Å². The molecule has 1 aliphatic rings. The monoisotopic (exact) mass is 371 g/mol. The van der Waals surface area contributed by atoms with Gasteiger partial charge in [-0.2, -0.15) is 0 Å². The smallest absolute Gasteiger partial charge is 0.255 e. The van der Waals surface area contributed by atoms with Crippen molar-refractivity contribution in [3.63, 3.8) is 0 Å². The molecular formula is C14H11BrClNO2S. The van der Waals surface area contributed by atoms with Crippen LogP contribution in [-0.4, -0.2) is 19.1 Å². The fourth-order valence-electron chi connectivity index (χ4n) is 2.07. The van der Waals surface area contributed by atoms with Gasteiger partial charge in [0, 0.05) is 4.88 Å². The summed E-state index contributed by atoms with van der Waals surface area (Å²) in [5.41, 5.74) is 1.55. The van der Waals surface area contributed by atoms with Crippen LogP contribution in [0.3, 0.4) is 0 Å². The molecule has 0 radical (unpaired) electrons. The van der Waals surface area contributed by atoms with Crippen LogP contribution in [0.4, 0.5) is 0 Å². The molecule has 3 rings (SSSR count). The van der Waals surface area contributed by atoms with E-state index >= 15 is 0 Å². The summed E-state index contributed by atoms with van der Waals surface area (Å²) in [6.45, 7) is 1.02. The minimum atomic E-state index is -0.101. The van der Waals surface area contributed by atoms with Crippen molar-refractivity contribution in [1.82, 2.24) is 5.32 Å². The predicted octanol–water partition coefficient (Wildman–Crippen LogP) is 4.01. The van der Waals surface area contributed by atoms with E-state index in [0.29, 0.717) is 24.5 Å². The first-order chi connectivity index (χ1) is 9.66. The number of carbonyl (C=O) groups is 1. The molecule has 0 fully saturated rings. The van der Waals surface area contributed by atoms with Crippen LogP contribution in [0, 0.1) is 0 Å². The number of ether oxygens (including phenoxy) is 1. The lowest BCUT2D eigenvalue weighted by molar-refractivity contribution is 0.0957. The Morgan fingerprint density at radius 3 is 3.00 bits per heavy atom. The highest BCUT2D eigenvalue weighted by Crippen LogP contribution is 2.40. The Balaban J connectivity index is 2.00. The van der Waals surface area contributed by atoms with Gasteiger partial charge in [0.05, 0.1) is 22.0 Å². The summed E-state index contributed by atoms with van der Waals surface area (Å²) in [5, 5.41) is 5.49. The van der Waals surface area contributed by atoms with E-state index in [0.717, 1.165) is 15.5 Å². The Morgan fingerprint density at radius 2 is 2.25 bits per heavy atom. The molecule has 1 aromatic heterocycles. The zero-order valence-electron chi connectivity index (χ0n) is 10.4. The molecule has 2 heterocycles. The second kappa shape index (κ2) is 5.76. The lowest BCUT2D eigenvalue weighted by atomic mass is 10.1. The minimum absolute atomic E-state index is 0.0312. The quantitative estimate of drug-likeness (QED) is 0.809. The van der Waals surface area contributed by atoms with E-state index in [2.05, 4.69) is 21.2 Å². The number of amides is 1. The average Bonchev–Trinajstić information content (AvgIpc) is 2.79. The molecule has 1 atom stereocenters. The molecule has 6 heteroatoms. The fraction of sp³-hybridized carbons (Fsp3) is 0.214. The van der Waals surface area contributed by atoms with Gasteiger partial charge in [-0.3, -0.25) is 4.79 Å². The highest BCUT2D eigenvalue weighted by atomic mass is 79.9. The first-order valence-electron chi connectivity index (χ1n) is 6.08. The maximum Gasteiger partial charge on any atom is 0.255 e. The highest BCUT2D eigenvalue weighted by Gasteiger charge is 2.21. The first-order valence-corrected chi connectivity index (χ1v) is 8.26. The maximum atomic E-state index is 12.0. The van der Waals surface area contributed by atoms with Crippen LogP contribution in [0.15, 0.2) is 29.6 Å². The van der Waals surface area contributed by atoms with Crippen LogP contribution in [0.2, 0.25) is 5.02 Å². The second-order valence-electron chi connectivity index (χ2n) is 4.36. The van der Waals surface area contributed by atoms with Gasteiger partial charge in [-0.1, -0.05) is 33.6 Å². The number of benzene rings is 1. The topological polar surface area (TPSA) is 38.3 Å². The Hall–Kier alpha value is -1.04. The first kappa shape index (κ1) is 13.9. The number of halogens is 2. The minimum Gasteiger partial charge on any atom is -0.491 e. The fourth-order valence-corrected chi connectivity index (χ4v) is 4.22. The van der Waals surface area contributed by atoms with Crippen molar-refractivity contribution in [1.29, 1.82) is 0 Å². The van der Waals surface area contributed by atoms with Crippen molar-refractivity contribution in [2.24, 2.45) is 0 Å². The van der Waals surface area contributed by atoms with Crippen LogP contribution in [-0.2, 0) is 0 Å². The standard InChI is InChI=1S/C14H11BrClNO2S/c15-12(13-10(16)3-6-20-13)8-1-2-11-9(7-8)14(18)17-4-5-19-11/h1-3,6-7,12H,4-5H2,(H,17,18). The molecule has 2 aromatic rings. The summed E-state index contributed by atoms with van der Waals surface area (Å²) in [7, 11) is 0. The molecule has 104 valence electrons. The largest absolute Gasteiger partial charge is 0.491 e. The van der Waals surface area contributed by atoms with E-state index in [1.807, 2.05) is 29.6 Å². The van der Waals surface area contributed by atoms with E-state index in [4.69, 9.17) is 16.3 Å². The van der Waals surface area contributed by atoms with Gasteiger partial charge in [0.2, 0.25) is 0 Å². The van der Waals surface area contributed by atoms with Crippen molar-refractivity contribution < 1.29 is 9.53 Å². The molecule has 1 N–H and O–H groups in total. The third-order valence-electron chi connectivity index (χ3n) is 3.06. The molecule has 3 nitrogen and oxygen atoms in total. The van der Waals surface area contributed by atoms with E-state index in [9.17, 15) is 4.79 Å². The number of hydrogen-bond acceptors (Lipinski definition) is 3. The molecular weight excluding hydrogens is 362 g/mol. The third kappa shape index (κ3) is 2.57. The lowest BCUT2D eigenvalue weighted by Gasteiger charge is -2.12. The Morgan fingerprint density at radius 1 is 1.40 bits per heavy atom. The van der Waals surface area contributed by atoms with Crippen molar-refractivity contribution in [2.75, 3.05) is 13.2 Å². The van der Waals surface area contributed by atoms with Gasteiger partial charge in [0.15, 0.2) is 0 Å². The Bertz CT molecular complexity index is 658. The predicted molar refractivity (Wildman–Crippen MR) is 84.4 cm³/mol. The normalized spacial score (nSPS) is 15.8. The summed E-state index contributed by atoms with van der Waals surface area (Å²) in [4.78, 5) is 13.0. The molecule has 0 aliphatic carbocycles. The van der Waals surface area contributed by atoms with Crippen molar-refractivity contribution >= 4 is 44.8 Å². The Kier molecular flexibility index (Phi) is 4.01. The Labute approximate surface area is 134 Å². The molecule has 0 spiro atoms. The van der Waals surface area contributed by atoms with E-state index in [1.165, 1.54) is 0 Å². The second-order valence-corrected chi connectivity index (χ2v) is 6.63. The number of hydrogen-bond donors (Lipinski definition) is 1. The van der Waals surface area contributed by atoms with Gasteiger partial charge in [-0.05, 0) is 29.1 Å². The molecule has 1 aliphatic heterocycles. The van der Waals surface area contributed by atoms with Gasteiger partial charge >= 0.3 is 0 Å². The van der Waals surface area contributed by atoms with Gasteiger partial charge in [-0.15, -0.1) is 11.3 Å². The lowest BCUT2D eigenvalue weighted by Crippen LogP contribution is -2.24. The number of alkyl halides is 1. The van der Waals surface area contributed by atoms with E-state index in [1.54, 1.807) is 11.3 Å². The van der Waals surface area contributed by atoms with Crippen LogP contribution in [0.5, 0.6) is 5.75 Å². The number of thiophene rings is 1. The summed E-state index contributed by atoms with van der Waals surface area (Å²) >= 11 is 11.4. The number of rotatable bonds is 2. The molecule has 20 heavy (non-hydrogen) atoms. The SMILES string of the molecule is O=C1NCCOc2ccc(C(Br)c3sccc3Cl)cc21. The van der Waals surface area contributed by atoms with Crippen LogP contribution < -0.4 is 10.1 Å². The van der Waals surface area contributed by atoms with Crippen molar-refractivity contribution in [2.45, 2.75) is 4.83 Å². The maximum absolute atomic E-state index is 12.0. The summed E-state index contributed by atoms with van der Waals surface area (Å²) in [5.74, 6) is 0.525. The summed E-state index contributed by atoms with van der Waals surface area (Å²) in [6.07, 6.45) is 0. The molecule has 0 saturated carbocycles. The van der Waals surface area contributed by atoms with Crippen LogP contribution >= 0.6 is 38.9 Å². The molecule has 1 amide bonds. The van der Waals surface area contributed by atoms with Crippen molar-refractivity contribution in [3.8, 4) is 5.75 Å². The third-order valence-corrected chi connectivity index (χ3v) is 5.77. The molecule has 0 bridgehead atoms. The van der Waals surface area contributed by atoms with E-state index < -0.39 is 0 Å². The van der Waals surface area contributed by atoms with Crippen LogP contribution in [0.1, 0.15) is 25.6 Å². The van der Waals surface area contributed by atoms with Gasteiger partial charge in [0.1, 0.15) is 12.4 Å². The van der Waals surface area contributed by atoms with E-state index in [-0.39, 0.29) is 10.7 Å². The zero-order chi connectivity index (χ0) is 14.1. The van der Waals surface area contributed by atoms with Gasteiger partial charge in [0.25, 0.3) is 5.91 Å². The van der Waals surface area contributed by atoms with Gasteiger partial charge in [-0.25, -0.2) is 0 Å². The van der Waals surface area contributed by atoms with Crippen LogP contribution in [0.25, 0.3) is 0 Å². The average molecular weight is 373 g/mol. The highest BCUT2D eigenvalue weighted by molar-refractivity contribution is 9.09. The molecule has 1 aromatic carbocycles. The number of carbonyl (C=O) groups excluding carboxylic acids is 1. The summed E-state index contributed by atoms with van der Waals surface area (Å²) < 4.78 is 5.55. The van der Waals surface area contributed by atoms with Gasteiger partial charge < -0.3 is 10.1 Å². The summed E-state index contributed by atoms with van der Waals surface area (Å²) in [6, 6.07) is 7.51. The number of fused-ring (bicyclic) bond motifs is 1. The zero-order valence-corrected chi connectivity index (χ0v) is 13.5. The number of nitrogens with one attached hydrogen (secondary N) is 1. The molecule has 1 unspecified atom stereocenters.